The summed E-state index contributed by atoms with van der Waals surface area (Å²) in [5.74, 6) is 0.264. The maximum atomic E-state index is 12.2. The van der Waals surface area contributed by atoms with Crippen molar-refractivity contribution >= 4 is 21.3 Å². The van der Waals surface area contributed by atoms with Gasteiger partial charge in [0.2, 0.25) is 0 Å². The molecular formula is C13H10N2O3S. The quantitative estimate of drug-likeness (QED) is 0.734. The number of imidazole rings is 1. The molecule has 0 N–H and O–H groups in total. The summed E-state index contributed by atoms with van der Waals surface area (Å²) in [4.78, 5) is 4.03. The third-order valence-electron chi connectivity index (χ3n) is 2.61. The topological polar surface area (TPSA) is 61.2 Å². The molecule has 3 rings (SSSR count). The second-order valence-electron chi connectivity index (χ2n) is 3.88. The van der Waals surface area contributed by atoms with E-state index in [1.807, 2.05) is 0 Å². The van der Waals surface area contributed by atoms with Crippen LogP contribution in [-0.2, 0) is 10.3 Å². The predicted molar refractivity (Wildman–Crippen MR) is 71.1 cm³/mol. The Morgan fingerprint density at radius 3 is 2.42 bits per heavy atom. The van der Waals surface area contributed by atoms with Crippen molar-refractivity contribution in [2.24, 2.45) is 0 Å². The minimum atomic E-state index is -3.94. The van der Waals surface area contributed by atoms with Gasteiger partial charge in [0, 0.05) is 0 Å². The molecule has 0 saturated heterocycles. The van der Waals surface area contributed by atoms with Crippen LogP contribution in [0.5, 0.6) is 5.75 Å². The Labute approximate surface area is 110 Å². The summed E-state index contributed by atoms with van der Waals surface area (Å²) >= 11 is 0. The third kappa shape index (κ3) is 2.17. The van der Waals surface area contributed by atoms with E-state index in [9.17, 15) is 8.42 Å². The molecule has 0 bridgehead atoms. The van der Waals surface area contributed by atoms with Crippen molar-refractivity contribution in [3.05, 3.63) is 60.9 Å². The molecule has 0 fully saturated rings. The summed E-state index contributed by atoms with van der Waals surface area (Å²) < 4.78 is 30.4. The molecule has 1 aromatic heterocycles. The molecule has 0 radical (unpaired) electrons. The van der Waals surface area contributed by atoms with Crippen LogP contribution in [0.1, 0.15) is 0 Å². The molecule has 0 aliphatic carbocycles. The summed E-state index contributed by atoms with van der Waals surface area (Å²) in [5.41, 5.74) is 1.08. The molecule has 96 valence electrons. The zero-order valence-corrected chi connectivity index (χ0v) is 10.6. The van der Waals surface area contributed by atoms with E-state index in [4.69, 9.17) is 4.18 Å². The zero-order valence-electron chi connectivity index (χ0n) is 9.80. The number of hydrogen-bond acceptors (Lipinski definition) is 4. The lowest BCUT2D eigenvalue weighted by Gasteiger charge is -2.07. The highest BCUT2D eigenvalue weighted by molar-refractivity contribution is 7.85. The number of para-hydroxylation sites is 3. The molecule has 2 aromatic carbocycles. The SMILES string of the molecule is O=S(=O)(Oc1ccccc1)n1cnc2ccccc21. The third-order valence-corrected chi connectivity index (χ3v) is 3.78. The summed E-state index contributed by atoms with van der Waals surface area (Å²) in [6.45, 7) is 0. The first-order valence-electron chi connectivity index (χ1n) is 5.59. The Hall–Kier alpha value is -2.34. The predicted octanol–water partition coefficient (Wildman–Crippen LogP) is 2.21. The van der Waals surface area contributed by atoms with Crippen molar-refractivity contribution in [1.29, 1.82) is 0 Å². The van der Waals surface area contributed by atoms with Crippen molar-refractivity contribution in [3.8, 4) is 5.75 Å². The van der Waals surface area contributed by atoms with Gasteiger partial charge in [0.25, 0.3) is 0 Å². The molecule has 5 nitrogen and oxygen atoms in total. The van der Waals surface area contributed by atoms with Crippen LogP contribution in [0.2, 0.25) is 0 Å². The van der Waals surface area contributed by atoms with E-state index in [2.05, 4.69) is 4.98 Å². The lowest BCUT2D eigenvalue weighted by molar-refractivity contribution is 0.477. The second kappa shape index (κ2) is 4.40. The molecule has 0 aliphatic rings. The first-order valence-corrected chi connectivity index (χ1v) is 6.95. The summed E-state index contributed by atoms with van der Waals surface area (Å²) in [5, 5.41) is 0. The number of fused-ring (bicyclic) bond motifs is 1. The summed E-state index contributed by atoms with van der Waals surface area (Å²) in [6.07, 6.45) is 1.24. The van der Waals surface area contributed by atoms with Gasteiger partial charge in [-0.1, -0.05) is 30.3 Å². The number of nitrogens with zero attached hydrogens (tertiary/aromatic N) is 2. The van der Waals surface area contributed by atoms with Gasteiger partial charge < -0.3 is 4.18 Å². The van der Waals surface area contributed by atoms with Crippen molar-refractivity contribution in [1.82, 2.24) is 8.96 Å². The maximum Gasteiger partial charge on any atom is 0.415 e. The highest BCUT2D eigenvalue weighted by Gasteiger charge is 2.18. The zero-order chi connectivity index (χ0) is 13.3. The molecule has 0 amide bonds. The normalized spacial score (nSPS) is 11.6. The van der Waals surface area contributed by atoms with Gasteiger partial charge in [0.1, 0.15) is 12.1 Å². The molecular weight excluding hydrogens is 264 g/mol. The van der Waals surface area contributed by atoms with Crippen molar-refractivity contribution in [2.45, 2.75) is 0 Å². The van der Waals surface area contributed by atoms with Crippen LogP contribution in [-0.4, -0.2) is 17.4 Å². The molecule has 1 heterocycles. The molecule has 0 spiro atoms. The summed E-state index contributed by atoms with van der Waals surface area (Å²) in [6, 6.07) is 15.3. The minimum absolute atomic E-state index is 0.264. The van der Waals surface area contributed by atoms with E-state index in [1.165, 1.54) is 6.33 Å². The van der Waals surface area contributed by atoms with E-state index in [-0.39, 0.29) is 5.75 Å². The first-order chi connectivity index (χ1) is 9.17. The Morgan fingerprint density at radius 2 is 1.63 bits per heavy atom. The fourth-order valence-electron chi connectivity index (χ4n) is 1.75. The fourth-order valence-corrected chi connectivity index (χ4v) is 2.75. The molecule has 0 aliphatic heterocycles. The molecule has 6 heteroatoms. The smallest absolute Gasteiger partial charge is 0.366 e. The standard InChI is InChI=1S/C13H10N2O3S/c16-19(17,18-11-6-2-1-3-7-11)15-10-14-12-8-4-5-9-13(12)15/h1-10H. The molecule has 3 aromatic rings. The Bertz CT molecular complexity index is 810. The highest BCUT2D eigenvalue weighted by atomic mass is 32.2. The number of benzene rings is 2. The van der Waals surface area contributed by atoms with Crippen LogP contribution in [0.25, 0.3) is 11.0 Å². The molecule has 19 heavy (non-hydrogen) atoms. The van der Waals surface area contributed by atoms with Crippen molar-refractivity contribution in [3.63, 3.8) is 0 Å². The van der Waals surface area contributed by atoms with Crippen LogP contribution in [0.3, 0.4) is 0 Å². The largest absolute Gasteiger partial charge is 0.415 e. The van der Waals surface area contributed by atoms with Crippen molar-refractivity contribution < 1.29 is 12.6 Å². The lowest BCUT2D eigenvalue weighted by atomic mass is 10.3. The number of aromatic nitrogens is 2. The van der Waals surface area contributed by atoms with E-state index >= 15 is 0 Å². The first kappa shape index (κ1) is 11.7. The van der Waals surface area contributed by atoms with Crippen LogP contribution < -0.4 is 4.18 Å². The van der Waals surface area contributed by atoms with Gasteiger partial charge in [-0.3, -0.25) is 0 Å². The number of rotatable bonds is 3. The fraction of sp³-hybridized carbons (Fsp3) is 0. The van der Waals surface area contributed by atoms with E-state index in [0.717, 1.165) is 3.97 Å². The van der Waals surface area contributed by atoms with Gasteiger partial charge in [-0.2, -0.15) is 12.4 Å². The van der Waals surface area contributed by atoms with E-state index in [0.29, 0.717) is 11.0 Å². The number of hydrogen-bond donors (Lipinski definition) is 0. The Morgan fingerprint density at radius 1 is 0.947 bits per heavy atom. The van der Waals surface area contributed by atoms with Gasteiger partial charge in [0.15, 0.2) is 0 Å². The van der Waals surface area contributed by atoms with E-state index < -0.39 is 10.3 Å². The Kier molecular flexibility index (Phi) is 2.72. The summed E-state index contributed by atoms with van der Waals surface area (Å²) in [7, 11) is -3.94. The van der Waals surface area contributed by atoms with Gasteiger partial charge in [0.05, 0.1) is 11.0 Å². The lowest BCUT2D eigenvalue weighted by Crippen LogP contribution is -2.18. The van der Waals surface area contributed by atoms with Gasteiger partial charge in [-0.15, -0.1) is 0 Å². The highest BCUT2D eigenvalue weighted by Crippen LogP contribution is 2.18. The maximum absolute atomic E-state index is 12.2. The Balaban J connectivity index is 2.05. The van der Waals surface area contributed by atoms with Gasteiger partial charge >= 0.3 is 10.3 Å². The monoisotopic (exact) mass is 274 g/mol. The van der Waals surface area contributed by atoms with Crippen LogP contribution in [0.4, 0.5) is 0 Å². The molecule has 0 saturated carbocycles. The minimum Gasteiger partial charge on any atom is -0.366 e. The van der Waals surface area contributed by atoms with Gasteiger partial charge in [-0.25, -0.2) is 4.98 Å². The van der Waals surface area contributed by atoms with Crippen molar-refractivity contribution in [2.75, 3.05) is 0 Å². The van der Waals surface area contributed by atoms with Crippen LogP contribution >= 0.6 is 0 Å². The van der Waals surface area contributed by atoms with E-state index in [1.54, 1.807) is 54.6 Å². The molecule has 0 unspecified atom stereocenters. The average molecular weight is 274 g/mol. The second-order valence-corrected chi connectivity index (χ2v) is 5.30. The van der Waals surface area contributed by atoms with Crippen LogP contribution in [0.15, 0.2) is 60.9 Å². The molecule has 0 atom stereocenters. The van der Waals surface area contributed by atoms with Crippen LogP contribution in [0, 0.1) is 0 Å². The average Bonchev–Trinajstić information content (AvgIpc) is 2.84. The van der Waals surface area contributed by atoms with Gasteiger partial charge in [-0.05, 0) is 24.3 Å².